The minimum Gasteiger partial charge on any atom is -0.490 e. The van der Waals surface area contributed by atoms with E-state index in [2.05, 4.69) is 43.1 Å². The molecule has 128 valence electrons. The quantitative estimate of drug-likeness (QED) is 0.815. The van der Waals surface area contributed by atoms with Crippen LogP contribution < -0.4 is 9.47 Å². The van der Waals surface area contributed by atoms with E-state index in [4.69, 9.17) is 9.47 Å². The lowest BCUT2D eigenvalue weighted by atomic mass is 9.98. The third kappa shape index (κ3) is 4.87. The summed E-state index contributed by atoms with van der Waals surface area (Å²) in [6, 6.07) is 8.27. The maximum absolute atomic E-state index is 6.26. The van der Waals surface area contributed by atoms with Crippen molar-refractivity contribution in [2.75, 3.05) is 20.1 Å². The van der Waals surface area contributed by atoms with E-state index in [0.717, 1.165) is 24.5 Å². The molecule has 1 aliphatic carbocycles. The van der Waals surface area contributed by atoms with Gasteiger partial charge in [-0.2, -0.15) is 0 Å². The number of hydrogen-bond acceptors (Lipinski definition) is 3. The zero-order valence-corrected chi connectivity index (χ0v) is 14.7. The molecule has 0 spiro atoms. The first-order valence-corrected chi connectivity index (χ1v) is 9.32. The highest BCUT2D eigenvalue weighted by atomic mass is 16.5. The maximum atomic E-state index is 6.26. The second-order valence-electron chi connectivity index (χ2n) is 7.39. The Kier molecular flexibility index (Phi) is 5.82. The summed E-state index contributed by atoms with van der Waals surface area (Å²) in [7, 11) is 2.20. The molecule has 2 aliphatic rings. The largest absolute Gasteiger partial charge is 0.490 e. The number of rotatable bonds is 4. The van der Waals surface area contributed by atoms with Crippen LogP contribution in [0.1, 0.15) is 51.9 Å². The predicted octanol–water partition coefficient (Wildman–Crippen LogP) is 4.51. The minimum absolute atomic E-state index is 0.324. The molecule has 23 heavy (non-hydrogen) atoms. The Morgan fingerprint density at radius 3 is 2.22 bits per heavy atom. The first kappa shape index (κ1) is 16.6. The second-order valence-corrected chi connectivity index (χ2v) is 7.39. The normalized spacial score (nSPS) is 27.4. The van der Waals surface area contributed by atoms with Gasteiger partial charge in [0.1, 0.15) is 17.6 Å². The Morgan fingerprint density at radius 1 is 0.870 bits per heavy atom. The average Bonchev–Trinajstić information content (AvgIpc) is 2.71. The van der Waals surface area contributed by atoms with E-state index >= 15 is 0 Å². The van der Waals surface area contributed by atoms with Gasteiger partial charge in [-0.15, -0.1) is 0 Å². The molecule has 2 atom stereocenters. The molecule has 0 amide bonds. The molecule has 1 aromatic rings. The minimum atomic E-state index is 0.324. The summed E-state index contributed by atoms with van der Waals surface area (Å²) < 4.78 is 12.4. The molecule has 3 heteroatoms. The molecule has 0 radical (unpaired) electrons. The van der Waals surface area contributed by atoms with Crippen LogP contribution in [0.3, 0.4) is 0 Å². The fourth-order valence-corrected chi connectivity index (χ4v) is 3.87. The third-order valence-corrected chi connectivity index (χ3v) is 5.23. The molecule has 0 bridgehead atoms. The summed E-state index contributed by atoms with van der Waals surface area (Å²) in [5.74, 6) is 2.53. The molecule has 3 rings (SSSR count). The summed E-state index contributed by atoms with van der Waals surface area (Å²) in [5, 5.41) is 0. The third-order valence-electron chi connectivity index (χ3n) is 5.23. The summed E-state index contributed by atoms with van der Waals surface area (Å²) in [6.45, 7) is 4.60. The van der Waals surface area contributed by atoms with Gasteiger partial charge in [-0.1, -0.05) is 13.3 Å². The number of ether oxygens (including phenoxy) is 2. The molecule has 1 saturated carbocycles. The van der Waals surface area contributed by atoms with Gasteiger partial charge in [-0.05, 0) is 76.4 Å². The van der Waals surface area contributed by atoms with Gasteiger partial charge >= 0.3 is 0 Å². The Bertz CT molecular complexity index is 467. The molecule has 1 aromatic carbocycles. The van der Waals surface area contributed by atoms with Crippen LogP contribution in [0.25, 0.3) is 0 Å². The highest BCUT2D eigenvalue weighted by Gasteiger charge is 2.23. The summed E-state index contributed by atoms with van der Waals surface area (Å²) in [6.07, 6.45) is 9.47. The molecule has 0 N–H and O–H groups in total. The molecular formula is C20H31NO2. The highest BCUT2D eigenvalue weighted by Crippen LogP contribution is 2.27. The van der Waals surface area contributed by atoms with Crippen LogP contribution in [0.2, 0.25) is 0 Å². The SMILES string of the molecule is CC1CN(C)CCCC1Oc1ccc(OC2CCCCC2)cc1. The van der Waals surface area contributed by atoms with Crippen LogP contribution in [0.5, 0.6) is 11.5 Å². The standard InChI is InChI=1S/C20H31NO2/c1-16-15-21(2)14-6-9-20(16)23-19-12-10-18(11-13-19)22-17-7-4-3-5-8-17/h10-13,16-17,20H,3-9,14-15H2,1-2H3. The zero-order valence-electron chi connectivity index (χ0n) is 14.7. The molecule has 1 aliphatic heterocycles. The number of hydrogen-bond donors (Lipinski definition) is 0. The van der Waals surface area contributed by atoms with Crippen molar-refractivity contribution in [2.24, 2.45) is 5.92 Å². The smallest absolute Gasteiger partial charge is 0.120 e. The Balaban J connectivity index is 1.54. The van der Waals surface area contributed by atoms with Gasteiger partial charge in [0.05, 0.1) is 6.10 Å². The Labute approximate surface area is 141 Å². The van der Waals surface area contributed by atoms with Crippen LogP contribution in [0.15, 0.2) is 24.3 Å². The maximum Gasteiger partial charge on any atom is 0.120 e. The van der Waals surface area contributed by atoms with E-state index < -0.39 is 0 Å². The van der Waals surface area contributed by atoms with Gasteiger partial charge in [0, 0.05) is 12.5 Å². The van der Waals surface area contributed by atoms with Gasteiger partial charge in [0.15, 0.2) is 0 Å². The molecule has 3 nitrogen and oxygen atoms in total. The molecule has 2 fully saturated rings. The van der Waals surface area contributed by atoms with Crippen LogP contribution in [-0.4, -0.2) is 37.2 Å². The number of likely N-dealkylation sites (tertiary alicyclic amines) is 1. The molecule has 1 saturated heterocycles. The lowest BCUT2D eigenvalue weighted by Crippen LogP contribution is -2.30. The fourth-order valence-electron chi connectivity index (χ4n) is 3.87. The summed E-state index contributed by atoms with van der Waals surface area (Å²) in [5.41, 5.74) is 0. The van der Waals surface area contributed by atoms with Crippen LogP contribution in [-0.2, 0) is 0 Å². The van der Waals surface area contributed by atoms with Gasteiger partial charge in [-0.3, -0.25) is 0 Å². The van der Waals surface area contributed by atoms with Crippen molar-refractivity contribution in [1.82, 2.24) is 4.90 Å². The summed E-state index contributed by atoms with van der Waals surface area (Å²) >= 11 is 0. The van der Waals surface area contributed by atoms with Crippen LogP contribution in [0.4, 0.5) is 0 Å². The predicted molar refractivity (Wildman–Crippen MR) is 94.3 cm³/mol. The number of nitrogens with zero attached hydrogens (tertiary/aromatic N) is 1. The van der Waals surface area contributed by atoms with Crippen LogP contribution in [0, 0.1) is 5.92 Å². The molecular weight excluding hydrogens is 286 g/mol. The Morgan fingerprint density at radius 2 is 1.52 bits per heavy atom. The lowest BCUT2D eigenvalue weighted by Gasteiger charge is -2.25. The van der Waals surface area contributed by atoms with Crippen molar-refractivity contribution in [2.45, 2.75) is 64.1 Å². The van der Waals surface area contributed by atoms with Crippen molar-refractivity contribution in [3.63, 3.8) is 0 Å². The fraction of sp³-hybridized carbons (Fsp3) is 0.700. The lowest BCUT2D eigenvalue weighted by molar-refractivity contribution is 0.130. The Hall–Kier alpha value is -1.22. The summed E-state index contributed by atoms with van der Waals surface area (Å²) in [4.78, 5) is 2.41. The zero-order chi connectivity index (χ0) is 16.1. The van der Waals surface area contributed by atoms with Crippen molar-refractivity contribution in [3.8, 4) is 11.5 Å². The van der Waals surface area contributed by atoms with E-state index in [1.165, 1.54) is 45.1 Å². The molecule has 0 aromatic heterocycles. The topological polar surface area (TPSA) is 21.7 Å². The van der Waals surface area contributed by atoms with Gasteiger partial charge in [0.2, 0.25) is 0 Å². The second kappa shape index (κ2) is 8.05. The van der Waals surface area contributed by atoms with Crippen molar-refractivity contribution < 1.29 is 9.47 Å². The van der Waals surface area contributed by atoms with E-state index in [-0.39, 0.29) is 0 Å². The first-order valence-electron chi connectivity index (χ1n) is 9.32. The van der Waals surface area contributed by atoms with Gasteiger partial charge in [-0.25, -0.2) is 0 Å². The van der Waals surface area contributed by atoms with E-state index in [0.29, 0.717) is 18.1 Å². The van der Waals surface area contributed by atoms with E-state index in [9.17, 15) is 0 Å². The molecule has 2 unspecified atom stereocenters. The number of benzene rings is 1. The van der Waals surface area contributed by atoms with Crippen molar-refractivity contribution in [1.29, 1.82) is 0 Å². The highest BCUT2D eigenvalue weighted by molar-refractivity contribution is 5.31. The average molecular weight is 317 g/mol. The monoisotopic (exact) mass is 317 g/mol. The van der Waals surface area contributed by atoms with Crippen molar-refractivity contribution >= 4 is 0 Å². The van der Waals surface area contributed by atoms with Crippen molar-refractivity contribution in [3.05, 3.63) is 24.3 Å². The van der Waals surface area contributed by atoms with Gasteiger partial charge < -0.3 is 14.4 Å². The van der Waals surface area contributed by atoms with Crippen LogP contribution >= 0.6 is 0 Å². The van der Waals surface area contributed by atoms with Gasteiger partial charge in [0.25, 0.3) is 0 Å². The van der Waals surface area contributed by atoms with E-state index in [1.54, 1.807) is 0 Å². The first-order chi connectivity index (χ1) is 11.2. The molecule has 1 heterocycles. The van der Waals surface area contributed by atoms with E-state index in [1.807, 2.05) is 0 Å².